The Hall–Kier alpha value is -4.02. The molecule has 1 aromatic carbocycles. The van der Waals surface area contributed by atoms with E-state index in [1.807, 2.05) is 6.92 Å². The number of phenolic OH excluding ortho intramolecular Hbond substituents is 1. The lowest BCUT2D eigenvalue weighted by Gasteiger charge is -2.49. The van der Waals surface area contributed by atoms with Crippen molar-refractivity contribution < 1.29 is 83.3 Å². The summed E-state index contributed by atoms with van der Waals surface area (Å²) in [5, 5.41) is 79.7. The highest BCUT2D eigenvalue weighted by molar-refractivity contribution is 5.91. The number of ketones is 1. The summed E-state index contributed by atoms with van der Waals surface area (Å²) in [4.78, 5) is 52.5. The quantitative estimate of drug-likeness (QED) is 0.0897. The molecule has 2 aliphatic carbocycles. The van der Waals surface area contributed by atoms with Crippen molar-refractivity contribution in [2.45, 2.75) is 177 Å². The number of aliphatic hydroxyl groups is 5. The Bertz CT molecular complexity index is 1890. The first-order chi connectivity index (χ1) is 31.5. The van der Waals surface area contributed by atoms with Crippen molar-refractivity contribution in [1.82, 2.24) is 10.6 Å². The van der Waals surface area contributed by atoms with Gasteiger partial charge in [0, 0.05) is 37.4 Å². The van der Waals surface area contributed by atoms with E-state index in [0.717, 1.165) is 32.1 Å². The van der Waals surface area contributed by atoms with Crippen molar-refractivity contribution in [3.63, 3.8) is 0 Å². The maximum Gasteiger partial charge on any atom is 0.332 e. The molecule has 3 heterocycles. The molecule has 7 unspecified atom stereocenters. The number of hydrogen-bond donors (Lipinski definition) is 9. The van der Waals surface area contributed by atoms with Crippen molar-refractivity contribution >= 4 is 29.1 Å². The van der Waals surface area contributed by atoms with Gasteiger partial charge >= 0.3 is 5.97 Å². The topological polar surface area (TPSA) is 289 Å². The molecule has 2 saturated carbocycles. The van der Waals surface area contributed by atoms with Crippen LogP contribution in [0.4, 0.5) is 0 Å². The zero-order valence-electron chi connectivity index (χ0n) is 37.9. The highest BCUT2D eigenvalue weighted by atomic mass is 16.7. The molecule has 9 N–H and O–H groups in total. The number of benzene rings is 1. The smallest absolute Gasteiger partial charge is 0.332 e. The van der Waals surface area contributed by atoms with Crippen LogP contribution in [0.5, 0.6) is 11.5 Å². The van der Waals surface area contributed by atoms with Crippen LogP contribution in [0.25, 0.3) is 5.57 Å². The second-order valence-electron chi connectivity index (χ2n) is 18.4. The Morgan fingerprint density at radius 2 is 1.68 bits per heavy atom. The molecule has 2 saturated heterocycles. The molecule has 1 aromatic rings. The summed E-state index contributed by atoms with van der Waals surface area (Å²) in [6, 6.07) is 3.27. The molecule has 0 radical (unpaired) electrons. The van der Waals surface area contributed by atoms with Gasteiger partial charge in [0.25, 0.3) is 0 Å². The Kier molecular flexibility index (Phi) is 18.2. The Morgan fingerprint density at radius 1 is 0.939 bits per heavy atom. The molecule has 0 aromatic heterocycles. The van der Waals surface area contributed by atoms with E-state index in [2.05, 4.69) is 17.2 Å². The van der Waals surface area contributed by atoms with Crippen molar-refractivity contribution in [2.24, 2.45) is 17.8 Å². The maximum absolute atomic E-state index is 14.1. The number of aliphatic hydroxyl groups excluding tert-OH is 5. The fourth-order valence-corrected chi connectivity index (χ4v) is 10.0. The average Bonchev–Trinajstić information content (AvgIpc) is 3.27. The van der Waals surface area contributed by atoms with Gasteiger partial charge in [-0.2, -0.15) is 0 Å². The number of aromatic hydroxyl groups is 1. The van der Waals surface area contributed by atoms with Crippen LogP contribution in [0, 0.1) is 17.8 Å². The minimum atomic E-state index is -1.67. The molecule has 19 heteroatoms. The van der Waals surface area contributed by atoms with Gasteiger partial charge in [-0.3, -0.25) is 14.4 Å². The molecule has 368 valence electrons. The third kappa shape index (κ3) is 12.7. The number of amides is 2. The number of ether oxygens (including phenoxy) is 6. The number of rotatable bonds is 19. The average molecular weight is 933 g/mol. The Morgan fingerprint density at radius 3 is 2.36 bits per heavy atom. The molecular weight excluding hydrogens is 865 g/mol. The van der Waals surface area contributed by atoms with Gasteiger partial charge in [0.15, 0.2) is 18.7 Å². The fourth-order valence-electron chi connectivity index (χ4n) is 10.0. The number of hydrogen-bond acceptors (Lipinski definition) is 16. The summed E-state index contributed by atoms with van der Waals surface area (Å²) < 4.78 is 36.9. The highest BCUT2D eigenvalue weighted by Crippen LogP contribution is 2.41. The van der Waals surface area contributed by atoms with Gasteiger partial charge in [-0.15, -0.1) is 0 Å². The van der Waals surface area contributed by atoms with Crippen LogP contribution in [0.1, 0.15) is 103 Å². The zero-order chi connectivity index (χ0) is 47.8. The lowest BCUT2D eigenvalue weighted by atomic mass is 9.74. The van der Waals surface area contributed by atoms with Crippen LogP contribution in [-0.2, 0) is 42.9 Å². The fraction of sp³-hybridized carbons (Fsp3) is 0.702. The molecule has 6 rings (SSSR count). The van der Waals surface area contributed by atoms with Gasteiger partial charge in [-0.05, 0) is 68.2 Å². The van der Waals surface area contributed by atoms with E-state index in [9.17, 15) is 54.9 Å². The number of aliphatic carboxylic acids is 1. The molecule has 0 spiro atoms. The molecule has 19 nitrogen and oxygen atoms in total. The number of nitrogens with one attached hydrogen (secondary N) is 2. The van der Waals surface area contributed by atoms with E-state index in [1.54, 1.807) is 12.1 Å². The van der Waals surface area contributed by atoms with E-state index in [1.165, 1.54) is 26.0 Å². The van der Waals surface area contributed by atoms with E-state index in [-0.39, 0.29) is 55.6 Å². The predicted molar refractivity (Wildman–Crippen MR) is 233 cm³/mol. The third-order valence-electron chi connectivity index (χ3n) is 13.6. The van der Waals surface area contributed by atoms with Crippen LogP contribution in [0.15, 0.2) is 36.6 Å². The Labute approximate surface area is 384 Å². The first kappa shape index (κ1) is 51.4. The number of allylic oxidation sites excluding steroid dienone is 1. The number of fused-ring (bicyclic) bond motifs is 1. The first-order valence-corrected chi connectivity index (χ1v) is 23.3. The van der Waals surface area contributed by atoms with Crippen LogP contribution in [0.3, 0.4) is 0 Å². The largest absolute Gasteiger partial charge is 0.508 e. The minimum absolute atomic E-state index is 0.00372. The van der Waals surface area contributed by atoms with E-state index in [4.69, 9.17) is 28.4 Å². The monoisotopic (exact) mass is 932 g/mol. The second-order valence-corrected chi connectivity index (χ2v) is 18.4. The normalized spacial score (nSPS) is 34.3. The second kappa shape index (κ2) is 23.3. The molecule has 3 aliphatic heterocycles. The van der Waals surface area contributed by atoms with Crippen LogP contribution >= 0.6 is 0 Å². The van der Waals surface area contributed by atoms with E-state index in [0.29, 0.717) is 41.9 Å². The third-order valence-corrected chi connectivity index (χ3v) is 13.6. The van der Waals surface area contributed by atoms with Crippen LogP contribution in [-0.4, -0.2) is 152 Å². The predicted octanol–water partition coefficient (Wildman–Crippen LogP) is 1.96. The number of carbonyl (C=O) groups excluding carboxylic acids is 3. The van der Waals surface area contributed by atoms with Gasteiger partial charge in [-0.1, -0.05) is 52.0 Å². The summed E-state index contributed by atoms with van der Waals surface area (Å²) in [7, 11) is 0. The van der Waals surface area contributed by atoms with Gasteiger partial charge in [0.2, 0.25) is 11.8 Å². The summed E-state index contributed by atoms with van der Waals surface area (Å²) in [6.45, 7) is 7.90. The van der Waals surface area contributed by atoms with Gasteiger partial charge in [0.1, 0.15) is 65.7 Å². The van der Waals surface area contributed by atoms with Gasteiger partial charge < -0.3 is 74.8 Å². The lowest BCUT2D eigenvalue weighted by Crippen LogP contribution is -2.67. The summed E-state index contributed by atoms with van der Waals surface area (Å²) in [5.41, 5.74) is 1.30. The molecule has 66 heavy (non-hydrogen) atoms. The molecule has 5 aliphatic rings. The van der Waals surface area contributed by atoms with Gasteiger partial charge in [0.05, 0.1) is 31.3 Å². The van der Waals surface area contributed by atoms with Crippen LogP contribution < -0.4 is 15.4 Å². The summed E-state index contributed by atoms with van der Waals surface area (Å²) in [6.07, 6.45) is -8.73. The number of Topliss-reactive ketones (excluding diaryl/α,β-unsaturated/α-hetero) is 1. The van der Waals surface area contributed by atoms with Gasteiger partial charge in [-0.25, -0.2) is 4.79 Å². The van der Waals surface area contributed by atoms with E-state index < -0.39 is 110 Å². The molecule has 2 amide bonds. The molecule has 4 fully saturated rings. The number of carboxylic acids is 1. The molecule has 15 atom stereocenters. The van der Waals surface area contributed by atoms with Crippen molar-refractivity contribution in [1.29, 1.82) is 0 Å². The Balaban J connectivity index is 1.19. The zero-order valence-corrected chi connectivity index (χ0v) is 37.9. The standard InChI is InChI=1S/C47H68N2O17/c1-5-27-18-29(32(53)12-9-15-48-37(54)20-28-16-23(2)61-33-21-30(52)13-14-31(28)33)19-34(43(27)66-47-42(58)41(57)39(55)24(3)62-47)64-46-38(49-25(4)51)44(40(56)36(22-50)65-46)63-35(45(59)60)17-26-10-7-6-8-11-26/h13-14,16,21,24,26-27,29,34-36,38-44,46-47,50,52,55-58H,2,5-12,15,17-20,22H2,1,3-4H3,(H,48,54)(H,49,51)(H,59,60)/t24-,27?,29?,34+,35-,36-,38?,39-,40?,41?,42-,43+,44?,46+,47?/m0/s1. The van der Waals surface area contributed by atoms with Crippen LogP contribution in [0.2, 0.25) is 0 Å². The number of phenols is 1. The van der Waals surface area contributed by atoms with Crippen molar-refractivity contribution in [3.05, 3.63) is 42.2 Å². The maximum atomic E-state index is 14.1. The minimum Gasteiger partial charge on any atom is -0.508 e. The van der Waals surface area contributed by atoms with Crippen molar-refractivity contribution in [2.75, 3.05) is 13.2 Å². The number of carbonyl (C=O) groups is 4. The lowest BCUT2D eigenvalue weighted by molar-refractivity contribution is -0.338. The van der Waals surface area contributed by atoms with Crippen molar-refractivity contribution in [3.8, 4) is 11.5 Å². The number of carboxylic acid groups (broad SMARTS) is 1. The summed E-state index contributed by atoms with van der Waals surface area (Å²) >= 11 is 0. The first-order valence-electron chi connectivity index (χ1n) is 23.3. The SMILES string of the molecule is C=C1C=C(CC(=O)NCCCC(=O)C2CC(CC)[C@@H](OC3O[C@@H](C)[C@H](O)C(O)[C@@H]3O)[C@H](O[C@@H]3O[C@@H](CO)C(O)C(O[C@@H](CC4CCCCC4)C(=O)O)C3NC(C)=O)C2)c2ccc(O)cc2O1. The summed E-state index contributed by atoms with van der Waals surface area (Å²) in [5.74, 6) is -2.53. The highest BCUT2D eigenvalue weighted by Gasteiger charge is 2.53. The molecular formula is C47H68N2O17. The molecule has 0 bridgehead atoms. The van der Waals surface area contributed by atoms with E-state index >= 15 is 0 Å².